The summed E-state index contributed by atoms with van der Waals surface area (Å²) in [5.74, 6) is 0. The molecular formula is C54H40N2. The third kappa shape index (κ3) is 6.88. The van der Waals surface area contributed by atoms with Crippen molar-refractivity contribution in [1.82, 2.24) is 0 Å². The van der Waals surface area contributed by atoms with Crippen molar-refractivity contribution in [3.63, 3.8) is 0 Å². The van der Waals surface area contributed by atoms with Crippen LogP contribution in [0.4, 0.5) is 34.1 Å². The van der Waals surface area contributed by atoms with Gasteiger partial charge in [-0.2, -0.15) is 0 Å². The van der Waals surface area contributed by atoms with Gasteiger partial charge in [-0.15, -0.1) is 0 Å². The molecule has 0 spiro atoms. The predicted molar refractivity (Wildman–Crippen MR) is 238 cm³/mol. The Balaban J connectivity index is 1.31. The Labute approximate surface area is 329 Å². The van der Waals surface area contributed by atoms with E-state index in [0.717, 1.165) is 78.6 Å². The van der Waals surface area contributed by atoms with Crippen LogP contribution in [0.5, 0.6) is 0 Å². The van der Waals surface area contributed by atoms with Gasteiger partial charge in [-0.05, 0) is 64.7 Å². The normalized spacial score (nSPS) is 10.9. The minimum atomic E-state index is 1.05. The zero-order chi connectivity index (χ0) is 37.5. The summed E-state index contributed by atoms with van der Waals surface area (Å²) >= 11 is 0. The fraction of sp³-hybridized carbons (Fsp3) is 0. The van der Waals surface area contributed by atoms with Gasteiger partial charge in [0.25, 0.3) is 0 Å². The summed E-state index contributed by atoms with van der Waals surface area (Å²) in [6.45, 7) is 0. The van der Waals surface area contributed by atoms with E-state index in [1.807, 2.05) is 0 Å². The van der Waals surface area contributed by atoms with Crippen LogP contribution in [-0.2, 0) is 0 Å². The Bertz CT molecular complexity index is 2340. The minimum Gasteiger partial charge on any atom is -0.309 e. The first kappa shape index (κ1) is 34.4. The fourth-order valence-electron chi connectivity index (χ4n) is 7.71. The summed E-state index contributed by atoms with van der Waals surface area (Å²) in [7, 11) is 0. The van der Waals surface area contributed by atoms with Crippen LogP contribution in [0, 0.1) is 0 Å². The van der Waals surface area contributed by atoms with Crippen molar-refractivity contribution in [2.24, 2.45) is 0 Å². The van der Waals surface area contributed by atoms with Gasteiger partial charge in [-0.25, -0.2) is 0 Å². The molecule has 0 aromatic heterocycles. The van der Waals surface area contributed by atoms with E-state index in [1.54, 1.807) is 0 Å². The molecule has 9 aromatic rings. The Morgan fingerprint density at radius 1 is 0.196 bits per heavy atom. The first-order chi connectivity index (χ1) is 27.8. The molecule has 0 bridgehead atoms. The zero-order valence-corrected chi connectivity index (χ0v) is 31.0. The van der Waals surface area contributed by atoms with Crippen LogP contribution in [-0.4, -0.2) is 0 Å². The average Bonchev–Trinajstić information content (AvgIpc) is 3.29. The molecule has 9 aromatic carbocycles. The molecule has 0 saturated heterocycles. The van der Waals surface area contributed by atoms with Gasteiger partial charge in [0.2, 0.25) is 0 Å². The summed E-state index contributed by atoms with van der Waals surface area (Å²) < 4.78 is 0. The van der Waals surface area contributed by atoms with Crippen molar-refractivity contribution < 1.29 is 0 Å². The number of benzene rings is 9. The molecule has 0 radical (unpaired) electrons. The van der Waals surface area contributed by atoms with Crippen molar-refractivity contribution in [3.8, 4) is 44.5 Å². The Morgan fingerprint density at radius 3 is 0.696 bits per heavy atom. The second kappa shape index (κ2) is 15.9. The molecule has 0 saturated carbocycles. The molecule has 0 N–H and O–H groups in total. The van der Waals surface area contributed by atoms with Gasteiger partial charge in [0.05, 0.1) is 22.7 Å². The van der Waals surface area contributed by atoms with E-state index in [9.17, 15) is 0 Å². The number of hydrogen-bond acceptors (Lipinski definition) is 2. The topological polar surface area (TPSA) is 6.48 Å². The standard InChI is InChI=1S/C54H40N2/c1-5-22-41(23-6-1)47-32-13-17-36-51(47)55(52-37-18-14-33-48(52)42-24-7-2-8-25-42)45-30-21-31-46(40-45)56(53-38-19-15-34-49(53)43-26-9-3-10-27-43)54-39-20-16-35-50(54)44-28-11-4-12-29-44/h1-40H. The molecule has 56 heavy (non-hydrogen) atoms. The summed E-state index contributed by atoms with van der Waals surface area (Å²) in [4.78, 5) is 4.86. The van der Waals surface area contributed by atoms with Crippen LogP contribution in [0.15, 0.2) is 243 Å². The quantitative estimate of drug-likeness (QED) is 0.139. The van der Waals surface area contributed by atoms with Gasteiger partial charge in [0, 0.05) is 33.6 Å². The van der Waals surface area contributed by atoms with Crippen LogP contribution in [0.3, 0.4) is 0 Å². The second-order valence-electron chi connectivity index (χ2n) is 13.7. The molecule has 0 atom stereocenters. The van der Waals surface area contributed by atoms with E-state index in [-0.39, 0.29) is 0 Å². The highest BCUT2D eigenvalue weighted by Crippen LogP contribution is 2.48. The van der Waals surface area contributed by atoms with Crippen LogP contribution >= 0.6 is 0 Å². The third-order valence-corrected chi connectivity index (χ3v) is 10.3. The number of anilines is 6. The molecule has 0 heterocycles. The maximum atomic E-state index is 2.43. The minimum absolute atomic E-state index is 1.05. The summed E-state index contributed by atoms with van der Waals surface area (Å²) in [6, 6.07) is 86.7. The maximum absolute atomic E-state index is 2.43. The molecule has 0 amide bonds. The monoisotopic (exact) mass is 716 g/mol. The lowest BCUT2D eigenvalue weighted by molar-refractivity contribution is 1.25. The fourth-order valence-corrected chi connectivity index (χ4v) is 7.71. The third-order valence-electron chi connectivity index (χ3n) is 10.3. The lowest BCUT2D eigenvalue weighted by atomic mass is 9.98. The highest BCUT2D eigenvalue weighted by Gasteiger charge is 2.24. The molecule has 2 nitrogen and oxygen atoms in total. The molecule has 0 unspecified atom stereocenters. The van der Waals surface area contributed by atoms with Gasteiger partial charge in [-0.1, -0.05) is 200 Å². The van der Waals surface area contributed by atoms with E-state index >= 15 is 0 Å². The van der Waals surface area contributed by atoms with Crippen molar-refractivity contribution in [3.05, 3.63) is 243 Å². The molecule has 2 heteroatoms. The second-order valence-corrected chi connectivity index (χ2v) is 13.7. The van der Waals surface area contributed by atoms with Gasteiger partial charge in [0.1, 0.15) is 0 Å². The molecule has 0 aliphatic carbocycles. The first-order valence-corrected chi connectivity index (χ1v) is 19.1. The zero-order valence-electron chi connectivity index (χ0n) is 31.0. The van der Waals surface area contributed by atoms with E-state index < -0.39 is 0 Å². The maximum Gasteiger partial charge on any atom is 0.0540 e. The van der Waals surface area contributed by atoms with Gasteiger partial charge in [0.15, 0.2) is 0 Å². The molecule has 9 rings (SSSR count). The van der Waals surface area contributed by atoms with Crippen molar-refractivity contribution >= 4 is 34.1 Å². The summed E-state index contributed by atoms with van der Waals surface area (Å²) in [6.07, 6.45) is 0. The Hall–Kier alpha value is -7.42. The van der Waals surface area contributed by atoms with E-state index in [0.29, 0.717) is 0 Å². The molecule has 266 valence electrons. The van der Waals surface area contributed by atoms with Crippen LogP contribution in [0.25, 0.3) is 44.5 Å². The Kier molecular flexibility index (Phi) is 9.75. The lowest BCUT2D eigenvalue weighted by Crippen LogP contribution is -2.15. The largest absolute Gasteiger partial charge is 0.309 e. The molecule has 0 aliphatic rings. The van der Waals surface area contributed by atoms with Gasteiger partial charge >= 0.3 is 0 Å². The molecular weight excluding hydrogens is 677 g/mol. The van der Waals surface area contributed by atoms with Crippen LogP contribution < -0.4 is 9.80 Å². The van der Waals surface area contributed by atoms with E-state index in [2.05, 4.69) is 252 Å². The number of rotatable bonds is 10. The van der Waals surface area contributed by atoms with Crippen LogP contribution in [0.1, 0.15) is 0 Å². The highest BCUT2D eigenvalue weighted by molar-refractivity contribution is 5.97. The SMILES string of the molecule is c1ccc(-c2ccccc2N(c2cccc(N(c3ccccc3-c3ccccc3)c3ccccc3-c3ccccc3)c2)c2ccccc2-c2ccccc2)cc1. The predicted octanol–water partition coefficient (Wildman–Crippen LogP) is 15.3. The molecule has 0 fully saturated rings. The van der Waals surface area contributed by atoms with Crippen molar-refractivity contribution in [2.45, 2.75) is 0 Å². The summed E-state index contributed by atoms with van der Waals surface area (Å²) in [5.41, 5.74) is 15.8. The van der Waals surface area contributed by atoms with Gasteiger partial charge in [-0.3, -0.25) is 0 Å². The average molecular weight is 717 g/mol. The molecule has 0 aliphatic heterocycles. The van der Waals surface area contributed by atoms with Crippen LogP contribution in [0.2, 0.25) is 0 Å². The first-order valence-electron chi connectivity index (χ1n) is 19.1. The van der Waals surface area contributed by atoms with E-state index in [1.165, 1.54) is 0 Å². The highest BCUT2D eigenvalue weighted by atomic mass is 15.2. The van der Waals surface area contributed by atoms with Crippen molar-refractivity contribution in [2.75, 3.05) is 9.80 Å². The number of para-hydroxylation sites is 4. The Morgan fingerprint density at radius 2 is 0.429 bits per heavy atom. The lowest BCUT2D eigenvalue weighted by Gasteiger charge is -2.33. The number of nitrogens with zero attached hydrogens (tertiary/aromatic N) is 2. The van der Waals surface area contributed by atoms with Crippen molar-refractivity contribution in [1.29, 1.82) is 0 Å². The number of hydrogen-bond donors (Lipinski definition) is 0. The smallest absolute Gasteiger partial charge is 0.0540 e. The van der Waals surface area contributed by atoms with E-state index in [4.69, 9.17) is 0 Å². The summed E-state index contributed by atoms with van der Waals surface area (Å²) in [5, 5.41) is 0. The van der Waals surface area contributed by atoms with Gasteiger partial charge < -0.3 is 9.80 Å².